The monoisotopic (exact) mass is 408 g/mol. The van der Waals surface area contributed by atoms with E-state index in [1.165, 1.54) is 0 Å². The molecule has 4 nitrogen and oxygen atoms in total. The van der Waals surface area contributed by atoms with E-state index in [2.05, 4.69) is 33.2 Å². The largest absolute Gasteiger partial charge is 0.354 e. The van der Waals surface area contributed by atoms with Gasteiger partial charge in [0.25, 0.3) is 5.91 Å². The topological polar surface area (TPSA) is 58.2 Å². The first-order valence-electron chi connectivity index (χ1n) is 6.46. The summed E-state index contributed by atoms with van der Waals surface area (Å²) in [6.45, 7) is 4.27. The molecule has 2 N–H and O–H groups in total. The van der Waals surface area contributed by atoms with Crippen LogP contribution in [-0.2, 0) is 4.79 Å². The van der Waals surface area contributed by atoms with Gasteiger partial charge in [0.15, 0.2) is 0 Å². The molecule has 1 atom stereocenters. The molecule has 0 aliphatic rings. The van der Waals surface area contributed by atoms with Gasteiger partial charge in [0.2, 0.25) is 5.91 Å². The van der Waals surface area contributed by atoms with Crippen LogP contribution in [-0.4, -0.2) is 24.4 Å². The van der Waals surface area contributed by atoms with E-state index in [4.69, 9.17) is 11.6 Å². The molecular formula is C14H18ClIN2O2. The number of amides is 2. The Hall–Kier alpha value is -0.820. The summed E-state index contributed by atoms with van der Waals surface area (Å²) in [6.07, 6.45) is 1.16. The summed E-state index contributed by atoms with van der Waals surface area (Å²) in [6, 6.07) is 5.28. The fraction of sp³-hybridized carbons (Fsp3) is 0.429. The fourth-order valence-electron chi connectivity index (χ4n) is 1.48. The molecule has 0 saturated carbocycles. The average molecular weight is 409 g/mol. The van der Waals surface area contributed by atoms with E-state index in [9.17, 15) is 9.59 Å². The minimum Gasteiger partial charge on any atom is -0.354 e. The van der Waals surface area contributed by atoms with Gasteiger partial charge in [-0.1, -0.05) is 18.5 Å². The highest BCUT2D eigenvalue weighted by Crippen LogP contribution is 2.19. The number of halogens is 2. The number of hydrogen-bond acceptors (Lipinski definition) is 2. The van der Waals surface area contributed by atoms with E-state index in [-0.39, 0.29) is 24.3 Å². The highest BCUT2D eigenvalue weighted by Gasteiger charge is 2.09. The standard InChI is InChI=1S/C14H18ClIN2O2/c1-3-9(2)18-13(19)6-7-17-14(20)10-4-5-12(16)11(15)8-10/h4-5,8-9H,3,6-7H2,1-2H3,(H,17,20)(H,18,19). The molecule has 1 aromatic rings. The Labute approximate surface area is 137 Å². The van der Waals surface area contributed by atoms with Crippen LogP contribution in [0.15, 0.2) is 18.2 Å². The molecule has 2 amide bonds. The normalized spacial score (nSPS) is 11.8. The van der Waals surface area contributed by atoms with Crippen LogP contribution in [0.2, 0.25) is 5.02 Å². The maximum absolute atomic E-state index is 11.9. The van der Waals surface area contributed by atoms with Gasteiger partial charge in [-0.15, -0.1) is 0 Å². The molecule has 0 saturated heterocycles. The van der Waals surface area contributed by atoms with Gasteiger partial charge in [0.05, 0.1) is 5.02 Å². The molecule has 0 aliphatic heterocycles. The molecule has 0 aromatic heterocycles. The second kappa shape index (κ2) is 8.46. The Kier molecular flexibility index (Phi) is 7.29. The molecule has 0 heterocycles. The van der Waals surface area contributed by atoms with Gasteiger partial charge in [-0.05, 0) is 54.1 Å². The lowest BCUT2D eigenvalue weighted by Crippen LogP contribution is -2.35. The van der Waals surface area contributed by atoms with Crippen LogP contribution in [0.5, 0.6) is 0 Å². The Morgan fingerprint density at radius 2 is 2.10 bits per heavy atom. The van der Waals surface area contributed by atoms with Crippen molar-refractivity contribution in [3.8, 4) is 0 Å². The summed E-state index contributed by atoms with van der Waals surface area (Å²) in [5.74, 6) is -0.278. The zero-order valence-electron chi connectivity index (χ0n) is 11.5. The van der Waals surface area contributed by atoms with Gasteiger partial charge in [-0.3, -0.25) is 9.59 Å². The lowest BCUT2D eigenvalue weighted by molar-refractivity contribution is -0.121. The van der Waals surface area contributed by atoms with Crippen LogP contribution in [0, 0.1) is 3.57 Å². The predicted molar refractivity (Wildman–Crippen MR) is 89.0 cm³/mol. The molecule has 1 unspecified atom stereocenters. The van der Waals surface area contributed by atoms with E-state index >= 15 is 0 Å². The minimum atomic E-state index is -0.223. The van der Waals surface area contributed by atoms with Crippen molar-refractivity contribution in [2.24, 2.45) is 0 Å². The van der Waals surface area contributed by atoms with Gasteiger partial charge in [0, 0.05) is 28.1 Å². The van der Waals surface area contributed by atoms with E-state index in [1.54, 1.807) is 18.2 Å². The number of rotatable bonds is 6. The van der Waals surface area contributed by atoms with Gasteiger partial charge in [0.1, 0.15) is 0 Å². The Bertz CT molecular complexity index is 494. The molecule has 20 heavy (non-hydrogen) atoms. The van der Waals surface area contributed by atoms with Crippen LogP contribution in [0.4, 0.5) is 0 Å². The zero-order chi connectivity index (χ0) is 15.1. The average Bonchev–Trinajstić information content (AvgIpc) is 2.41. The van der Waals surface area contributed by atoms with Crippen molar-refractivity contribution in [3.63, 3.8) is 0 Å². The molecule has 110 valence electrons. The third-order valence-electron chi connectivity index (χ3n) is 2.84. The van der Waals surface area contributed by atoms with E-state index < -0.39 is 0 Å². The number of nitrogens with one attached hydrogen (secondary N) is 2. The maximum Gasteiger partial charge on any atom is 0.251 e. The molecule has 6 heteroatoms. The molecule has 1 rings (SSSR count). The first kappa shape index (κ1) is 17.2. The molecule has 0 fully saturated rings. The molecular weight excluding hydrogens is 391 g/mol. The summed E-state index contributed by atoms with van der Waals surface area (Å²) >= 11 is 8.06. The molecule has 0 aliphatic carbocycles. The molecule has 0 bridgehead atoms. The van der Waals surface area contributed by atoms with Crippen LogP contribution in [0.1, 0.15) is 37.0 Å². The van der Waals surface area contributed by atoms with Gasteiger partial charge >= 0.3 is 0 Å². The number of carbonyl (C=O) groups excluding carboxylic acids is 2. The van der Waals surface area contributed by atoms with Crippen LogP contribution >= 0.6 is 34.2 Å². The summed E-state index contributed by atoms with van der Waals surface area (Å²) in [5, 5.41) is 6.10. The third kappa shape index (κ3) is 5.66. The Morgan fingerprint density at radius 3 is 2.70 bits per heavy atom. The van der Waals surface area contributed by atoms with Crippen molar-refractivity contribution < 1.29 is 9.59 Å². The summed E-state index contributed by atoms with van der Waals surface area (Å²) < 4.78 is 0.897. The maximum atomic E-state index is 11.9. The first-order valence-corrected chi connectivity index (χ1v) is 7.92. The number of carbonyl (C=O) groups is 2. The van der Waals surface area contributed by atoms with Crippen molar-refractivity contribution in [2.75, 3.05) is 6.54 Å². The Balaban J connectivity index is 2.40. The number of benzene rings is 1. The second-order valence-electron chi connectivity index (χ2n) is 4.51. The first-order chi connectivity index (χ1) is 9.43. The summed E-state index contributed by atoms with van der Waals surface area (Å²) in [5.41, 5.74) is 0.498. The van der Waals surface area contributed by atoms with E-state index in [0.29, 0.717) is 17.1 Å². The van der Waals surface area contributed by atoms with Crippen molar-refractivity contribution >= 4 is 46.0 Å². The third-order valence-corrected chi connectivity index (χ3v) is 4.41. The highest BCUT2D eigenvalue weighted by molar-refractivity contribution is 14.1. The van der Waals surface area contributed by atoms with Crippen LogP contribution < -0.4 is 10.6 Å². The number of hydrogen-bond donors (Lipinski definition) is 2. The highest BCUT2D eigenvalue weighted by atomic mass is 127. The lowest BCUT2D eigenvalue weighted by atomic mass is 10.2. The quantitative estimate of drug-likeness (QED) is 0.711. The van der Waals surface area contributed by atoms with Crippen molar-refractivity contribution in [3.05, 3.63) is 32.4 Å². The molecule has 0 spiro atoms. The van der Waals surface area contributed by atoms with Crippen LogP contribution in [0.25, 0.3) is 0 Å². The van der Waals surface area contributed by atoms with E-state index in [1.807, 2.05) is 13.8 Å². The van der Waals surface area contributed by atoms with Gasteiger partial charge in [-0.2, -0.15) is 0 Å². The lowest BCUT2D eigenvalue weighted by Gasteiger charge is -2.11. The van der Waals surface area contributed by atoms with Crippen molar-refractivity contribution in [1.29, 1.82) is 0 Å². The zero-order valence-corrected chi connectivity index (χ0v) is 14.4. The minimum absolute atomic E-state index is 0.0553. The van der Waals surface area contributed by atoms with Crippen molar-refractivity contribution in [1.82, 2.24) is 10.6 Å². The fourth-order valence-corrected chi connectivity index (χ4v) is 1.99. The smallest absolute Gasteiger partial charge is 0.251 e. The summed E-state index contributed by atoms with van der Waals surface area (Å²) in [7, 11) is 0. The second-order valence-corrected chi connectivity index (χ2v) is 6.08. The van der Waals surface area contributed by atoms with Crippen molar-refractivity contribution in [2.45, 2.75) is 32.7 Å². The van der Waals surface area contributed by atoms with Gasteiger partial charge in [-0.25, -0.2) is 0 Å². The van der Waals surface area contributed by atoms with Gasteiger partial charge < -0.3 is 10.6 Å². The molecule has 0 radical (unpaired) electrons. The van der Waals surface area contributed by atoms with E-state index in [0.717, 1.165) is 9.99 Å². The predicted octanol–water partition coefficient (Wildman–Crippen LogP) is 2.98. The SMILES string of the molecule is CCC(C)NC(=O)CCNC(=O)c1ccc(I)c(Cl)c1. The summed E-state index contributed by atoms with van der Waals surface area (Å²) in [4.78, 5) is 23.4. The molecule has 1 aromatic carbocycles. The van der Waals surface area contributed by atoms with Crippen LogP contribution in [0.3, 0.4) is 0 Å². The Morgan fingerprint density at radius 1 is 1.40 bits per heavy atom.